The van der Waals surface area contributed by atoms with Crippen molar-refractivity contribution >= 4 is 16.8 Å². The molecular formula is C21H21FN6O. The van der Waals surface area contributed by atoms with E-state index in [0.29, 0.717) is 12.2 Å². The first-order chi connectivity index (χ1) is 14.0. The van der Waals surface area contributed by atoms with Crippen molar-refractivity contribution in [3.05, 3.63) is 66.1 Å². The van der Waals surface area contributed by atoms with Crippen LogP contribution in [0.15, 0.2) is 54.7 Å². The highest BCUT2D eigenvalue weighted by atomic mass is 19.1. The maximum atomic E-state index is 13.6. The Morgan fingerprint density at radius 1 is 1.21 bits per heavy atom. The van der Waals surface area contributed by atoms with Crippen molar-refractivity contribution < 1.29 is 9.18 Å². The number of nitrogens with one attached hydrogen (secondary N) is 1. The summed E-state index contributed by atoms with van der Waals surface area (Å²) >= 11 is 0. The molecule has 0 fully saturated rings. The summed E-state index contributed by atoms with van der Waals surface area (Å²) in [5.41, 5.74) is 2.79. The second-order valence-electron chi connectivity index (χ2n) is 7.11. The summed E-state index contributed by atoms with van der Waals surface area (Å²) in [6.45, 7) is 1.90. The van der Waals surface area contributed by atoms with E-state index in [1.807, 2.05) is 55.1 Å². The van der Waals surface area contributed by atoms with Gasteiger partial charge in [0.05, 0.1) is 0 Å². The summed E-state index contributed by atoms with van der Waals surface area (Å²) < 4.78 is 15.6. The van der Waals surface area contributed by atoms with E-state index < -0.39 is 0 Å². The largest absolute Gasteiger partial charge is 0.352 e. The van der Waals surface area contributed by atoms with Crippen LogP contribution >= 0.6 is 0 Å². The molecule has 148 valence electrons. The summed E-state index contributed by atoms with van der Waals surface area (Å²) in [5, 5.41) is 16.0. The van der Waals surface area contributed by atoms with E-state index >= 15 is 0 Å². The summed E-state index contributed by atoms with van der Waals surface area (Å²) in [6.07, 6.45) is 2.56. The van der Waals surface area contributed by atoms with Gasteiger partial charge < -0.3 is 9.88 Å². The lowest BCUT2D eigenvalue weighted by Crippen LogP contribution is -2.36. The van der Waals surface area contributed by atoms with Gasteiger partial charge in [0.15, 0.2) is 0 Å². The molecule has 0 bridgehead atoms. The van der Waals surface area contributed by atoms with Crippen molar-refractivity contribution in [3.63, 3.8) is 0 Å². The Bertz CT molecular complexity index is 1150. The Morgan fingerprint density at radius 3 is 2.79 bits per heavy atom. The third-order valence-corrected chi connectivity index (χ3v) is 4.74. The molecule has 0 aliphatic heterocycles. The maximum absolute atomic E-state index is 13.6. The van der Waals surface area contributed by atoms with E-state index in [1.54, 1.807) is 6.07 Å². The topological polar surface area (TPSA) is 77.6 Å². The lowest BCUT2D eigenvalue weighted by Gasteiger charge is -2.13. The molecule has 2 aromatic carbocycles. The van der Waals surface area contributed by atoms with E-state index in [2.05, 4.69) is 20.7 Å². The number of hydrogen-bond donors (Lipinski definition) is 1. The van der Waals surface area contributed by atoms with Crippen molar-refractivity contribution in [2.75, 3.05) is 0 Å². The van der Waals surface area contributed by atoms with Crippen LogP contribution in [-0.2, 0) is 24.8 Å². The molecule has 1 amide bonds. The molecule has 0 saturated heterocycles. The van der Waals surface area contributed by atoms with Gasteiger partial charge in [0.1, 0.15) is 12.4 Å². The monoisotopic (exact) mass is 392 g/mol. The molecule has 0 spiro atoms. The molecule has 4 rings (SSSR count). The van der Waals surface area contributed by atoms with Crippen LogP contribution in [-0.4, -0.2) is 36.7 Å². The number of amides is 1. The van der Waals surface area contributed by atoms with Gasteiger partial charge in [-0.25, -0.2) is 4.39 Å². The molecule has 7 nitrogen and oxygen atoms in total. The van der Waals surface area contributed by atoms with Crippen LogP contribution in [0.5, 0.6) is 0 Å². The Balaban J connectivity index is 1.39. The lowest BCUT2D eigenvalue weighted by atomic mass is 10.1. The highest BCUT2D eigenvalue weighted by Gasteiger charge is 2.15. The molecular weight excluding hydrogens is 371 g/mol. The summed E-state index contributed by atoms with van der Waals surface area (Å²) in [5.74, 6) is -0.00160. The Morgan fingerprint density at radius 2 is 2.00 bits per heavy atom. The van der Waals surface area contributed by atoms with Gasteiger partial charge in [0.25, 0.3) is 0 Å². The summed E-state index contributed by atoms with van der Waals surface area (Å²) in [4.78, 5) is 13.7. The molecule has 0 unspecified atom stereocenters. The molecule has 0 saturated carbocycles. The molecule has 1 N–H and O–H groups in total. The van der Waals surface area contributed by atoms with Gasteiger partial charge in [-0.2, -0.15) is 4.80 Å². The Hall–Kier alpha value is -3.55. The number of carbonyl (C=O) groups excluding carboxylic acids is 1. The van der Waals surface area contributed by atoms with Crippen LogP contribution in [0.2, 0.25) is 0 Å². The summed E-state index contributed by atoms with van der Waals surface area (Å²) in [7, 11) is 1.92. The molecule has 0 aliphatic carbocycles. The third-order valence-electron chi connectivity index (χ3n) is 4.74. The molecule has 4 aromatic rings. The lowest BCUT2D eigenvalue weighted by molar-refractivity contribution is -0.122. The molecule has 0 aliphatic rings. The second-order valence-corrected chi connectivity index (χ2v) is 7.11. The average molecular weight is 392 g/mol. The van der Waals surface area contributed by atoms with Gasteiger partial charge in [0.2, 0.25) is 11.7 Å². The SMILES string of the molecule is C[C@H](Cc1cn(C)c2ccc(F)cc12)NC(=O)Cn1nnc(-c2ccccc2)n1. The van der Waals surface area contributed by atoms with E-state index in [0.717, 1.165) is 22.0 Å². The van der Waals surface area contributed by atoms with Gasteiger partial charge >= 0.3 is 0 Å². The number of fused-ring (bicyclic) bond motifs is 1. The van der Waals surface area contributed by atoms with Crippen molar-refractivity contribution in [2.45, 2.75) is 25.9 Å². The number of carbonyl (C=O) groups is 1. The number of benzene rings is 2. The minimum atomic E-state index is -0.270. The predicted octanol–water partition coefficient (Wildman–Crippen LogP) is 2.72. The van der Waals surface area contributed by atoms with E-state index in [-0.39, 0.29) is 24.3 Å². The molecule has 1 atom stereocenters. The van der Waals surface area contributed by atoms with Crippen LogP contribution in [0.25, 0.3) is 22.3 Å². The number of tetrazole rings is 1. The smallest absolute Gasteiger partial charge is 0.243 e. The van der Waals surface area contributed by atoms with Crippen LogP contribution < -0.4 is 5.32 Å². The zero-order valence-electron chi connectivity index (χ0n) is 16.2. The first kappa shape index (κ1) is 18.8. The average Bonchev–Trinajstić information content (AvgIpc) is 3.27. The third kappa shape index (κ3) is 4.16. The zero-order valence-corrected chi connectivity index (χ0v) is 16.2. The minimum absolute atomic E-state index is 0.0195. The van der Waals surface area contributed by atoms with Gasteiger partial charge in [-0.3, -0.25) is 4.79 Å². The van der Waals surface area contributed by atoms with Crippen molar-refractivity contribution in [1.82, 2.24) is 30.1 Å². The quantitative estimate of drug-likeness (QED) is 0.547. The highest BCUT2D eigenvalue weighted by Crippen LogP contribution is 2.23. The number of rotatable bonds is 6. The summed E-state index contributed by atoms with van der Waals surface area (Å²) in [6, 6.07) is 14.1. The minimum Gasteiger partial charge on any atom is -0.352 e. The van der Waals surface area contributed by atoms with Gasteiger partial charge in [-0.1, -0.05) is 30.3 Å². The normalized spacial score (nSPS) is 12.2. The van der Waals surface area contributed by atoms with Gasteiger partial charge in [-0.15, -0.1) is 10.2 Å². The van der Waals surface area contributed by atoms with Crippen molar-refractivity contribution in [1.29, 1.82) is 0 Å². The fourth-order valence-electron chi connectivity index (χ4n) is 3.45. The molecule has 0 radical (unpaired) electrons. The Kier molecular flexibility index (Phi) is 5.07. The van der Waals surface area contributed by atoms with E-state index in [9.17, 15) is 9.18 Å². The fraction of sp³-hybridized carbons (Fsp3) is 0.238. The van der Waals surface area contributed by atoms with E-state index in [4.69, 9.17) is 0 Å². The predicted molar refractivity (Wildman–Crippen MR) is 107 cm³/mol. The second kappa shape index (κ2) is 7.83. The van der Waals surface area contributed by atoms with E-state index in [1.165, 1.54) is 16.9 Å². The zero-order chi connectivity index (χ0) is 20.4. The Labute approximate surface area is 167 Å². The number of aromatic nitrogens is 5. The maximum Gasteiger partial charge on any atom is 0.243 e. The van der Waals surface area contributed by atoms with Crippen LogP contribution in [0.3, 0.4) is 0 Å². The van der Waals surface area contributed by atoms with Crippen molar-refractivity contribution in [2.24, 2.45) is 7.05 Å². The highest BCUT2D eigenvalue weighted by molar-refractivity contribution is 5.84. The molecule has 2 heterocycles. The van der Waals surface area contributed by atoms with Crippen LogP contribution in [0, 0.1) is 5.82 Å². The van der Waals surface area contributed by atoms with Crippen molar-refractivity contribution in [3.8, 4) is 11.4 Å². The van der Waals surface area contributed by atoms with Gasteiger partial charge in [0, 0.05) is 35.8 Å². The number of nitrogens with zero attached hydrogens (tertiary/aromatic N) is 5. The number of aryl methyl sites for hydroxylation is 1. The van der Waals surface area contributed by atoms with Gasteiger partial charge in [-0.05, 0) is 42.3 Å². The molecule has 8 heteroatoms. The molecule has 29 heavy (non-hydrogen) atoms. The molecule has 2 aromatic heterocycles. The first-order valence-corrected chi connectivity index (χ1v) is 9.35. The first-order valence-electron chi connectivity index (χ1n) is 9.35. The fourth-order valence-corrected chi connectivity index (χ4v) is 3.45. The van der Waals surface area contributed by atoms with Crippen LogP contribution in [0.4, 0.5) is 4.39 Å². The van der Waals surface area contributed by atoms with Crippen LogP contribution in [0.1, 0.15) is 12.5 Å². The number of halogens is 1. The standard InChI is InChI=1S/C21H21FN6O/c1-14(10-16-12-27(2)19-9-8-17(22)11-18(16)19)23-20(29)13-28-25-21(24-26-28)15-6-4-3-5-7-15/h3-9,11-12,14H,10,13H2,1-2H3,(H,23,29)/t14-/m1/s1. The number of hydrogen-bond acceptors (Lipinski definition) is 4.